The average Bonchev–Trinajstić information content (AvgIpc) is 3.38. The SMILES string of the molecule is COc1ccc(C(=O)N(c2cccc(I)c2)[C@@H](CC2CCCCC2)C2CCCN2)cc1OC. The molecule has 1 heterocycles. The first kappa shape index (κ1) is 24.3. The van der Waals surface area contributed by atoms with E-state index in [0.29, 0.717) is 29.0 Å². The van der Waals surface area contributed by atoms with E-state index in [1.807, 2.05) is 24.3 Å². The Morgan fingerprint density at radius 3 is 2.48 bits per heavy atom. The van der Waals surface area contributed by atoms with Gasteiger partial charge in [0.1, 0.15) is 0 Å². The minimum absolute atomic E-state index is 0.0208. The lowest BCUT2D eigenvalue weighted by Crippen LogP contribution is -2.51. The maximum Gasteiger partial charge on any atom is 0.258 e. The third-order valence-electron chi connectivity index (χ3n) is 7.13. The zero-order valence-electron chi connectivity index (χ0n) is 19.7. The quantitative estimate of drug-likeness (QED) is 0.399. The normalized spacial score (nSPS) is 19.8. The van der Waals surface area contributed by atoms with E-state index in [1.165, 1.54) is 32.1 Å². The highest BCUT2D eigenvalue weighted by Gasteiger charge is 2.36. The number of methoxy groups -OCH3 is 2. The van der Waals surface area contributed by atoms with Crippen molar-refractivity contribution in [3.05, 3.63) is 51.6 Å². The monoisotopic (exact) mass is 562 g/mol. The Kier molecular flexibility index (Phi) is 8.52. The first-order valence-corrected chi connectivity index (χ1v) is 13.2. The number of hydrogen-bond acceptors (Lipinski definition) is 4. The number of carbonyl (C=O) groups is 1. The molecule has 1 unspecified atom stereocenters. The van der Waals surface area contributed by atoms with Crippen LogP contribution in [0.15, 0.2) is 42.5 Å². The largest absolute Gasteiger partial charge is 0.493 e. The molecule has 178 valence electrons. The van der Waals surface area contributed by atoms with Crippen LogP contribution in [0.1, 0.15) is 61.7 Å². The predicted molar refractivity (Wildman–Crippen MR) is 142 cm³/mol. The van der Waals surface area contributed by atoms with Crippen molar-refractivity contribution in [2.45, 2.75) is 63.5 Å². The molecule has 2 aliphatic rings. The van der Waals surface area contributed by atoms with Crippen LogP contribution in [0.25, 0.3) is 0 Å². The van der Waals surface area contributed by atoms with E-state index in [0.717, 1.165) is 35.1 Å². The number of ether oxygens (including phenoxy) is 2. The summed E-state index contributed by atoms with van der Waals surface area (Å²) in [6.45, 7) is 1.02. The number of anilines is 1. The van der Waals surface area contributed by atoms with Gasteiger partial charge in [-0.3, -0.25) is 4.79 Å². The molecule has 2 fully saturated rings. The van der Waals surface area contributed by atoms with Crippen LogP contribution in [0.3, 0.4) is 0 Å². The fraction of sp³-hybridized carbons (Fsp3) is 0.519. The summed E-state index contributed by atoms with van der Waals surface area (Å²) < 4.78 is 12.0. The fourth-order valence-corrected chi connectivity index (χ4v) is 5.97. The van der Waals surface area contributed by atoms with E-state index >= 15 is 0 Å². The Labute approximate surface area is 211 Å². The Hall–Kier alpha value is -1.80. The molecule has 2 atom stereocenters. The van der Waals surface area contributed by atoms with E-state index in [1.54, 1.807) is 14.2 Å². The molecule has 5 nitrogen and oxygen atoms in total. The molecule has 1 saturated carbocycles. The van der Waals surface area contributed by atoms with Crippen molar-refractivity contribution in [2.24, 2.45) is 5.92 Å². The summed E-state index contributed by atoms with van der Waals surface area (Å²) >= 11 is 2.33. The summed E-state index contributed by atoms with van der Waals surface area (Å²) in [6.07, 6.45) is 9.82. The molecule has 1 amide bonds. The van der Waals surface area contributed by atoms with Gasteiger partial charge in [0.05, 0.1) is 20.3 Å². The summed E-state index contributed by atoms with van der Waals surface area (Å²) in [4.78, 5) is 16.2. The van der Waals surface area contributed by atoms with Crippen LogP contribution in [0.4, 0.5) is 5.69 Å². The molecule has 0 aromatic heterocycles. The Balaban J connectivity index is 1.74. The van der Waals surface area contributed by atoms with Crippen molar-refractivity contribution < 1.29 is 14.3 Å². The second kappa shape index (κ2) is 11.6. The molecule has 33 heavy (non-hydrogen) atoms. The number of nitrogens with zero attached hydrogens (tertiary/aromatic N) is 1. The van der Waals surface area contributed by atoms with Gasteiger partial charge in [-0.2, -0.15) is 0 Å². The van der Waals surface area contributed by atoms with E-state index in [4.69, 9.17) is 9.47 Å². The van der Waals surface area contributed by atoms with Crippen molar-refractivity contribution in [3.63, 3.8) is 0 Å². The number of nitrogens with one attached hydrogen (secondary N) is 1. The number of carbonyl (C=O) groups excluding carboxylic acids is 1. The molecule has 2 aromatic carbocycles. The summed E-state index contributed by atoms with van der Waals surface area (Å²) in [5.41, 5.74) is 1.59. The molecule has 0 bridgehead atoms. The molecule has 0 radical (unpaired) electrons. The van der Waals surface area contributed by atoms with Crippen LogP contribution in [-0.2, 0) is 0 Å². The number of halogens is 1. The van der Waals surface area contributed by atoms with E-state index in [2.05, 4.69) is 51.0 Å². The number of benzene rings is 2. The van der Waals surface area contributed by atoms with E-state index in [-0.39, 0.29) is 11.9 Å². The second-order valence-electron chi connectivity index (χ2n) is 9.23. The van der Waals surface area contributed by atoms with Gasteiger partial charge in [0, 0.05) is 20.9 Å². The minimum Gasteiger partial charge on any atom is -0.493 e. The van der Waals surface area contributed by atoms with Gasteiger partial charge in [0.15, 0.2) is 11.5 Å². The first-order valence-electron chi connectivity index (χ1n) is 12.1. The van der Waals surface area contributed by atoms with Gasteiger partial charge in [-0.05, 0) is 90.7 Å². The lowest BCUT2D eigenvalue weighted by molar-refractivity contribution is 0.0964. The first-order chi connectivity index (χ1) is 16.1. The topological polar surface area (TPSA) is 50.8 Å². The second-order valence-corrected chi connectivity index (χ2v) is 10.5. The van der Waals surface area contributed by atoms with Gasteiger partial charge in [0.25, 0.3) is 5.91 Å². The zero-order chi connectivity index (χ0) is 23.2. The summed E-state index contributed by atoms with van der Waals surface area (Å²) in [7, 11) is 3.22. The Morgan fingerprint density at radius 1 is 1.03 bits per heavy atom. The summed E-state index contributed by atoms with van der Waals surface area (Å²) in [6, 6.07) is 14.2. The lowest BCUT2D eigenvalue weighted by Gasteiger charge is -2.39. The van der Waals surface area contributed by atoms with Gasteiger partial charge in [-0.1, -0.05) is 38.2 Å². The molecule has 0 spiro atoms. The maximum atomic E-state index is 14.2. The molecular weight excluding hydrogens is 527 g/mol. The summed E-state index contributed by atoms with van der Waals surface area (Å²) in [5.74, 6) is 1.90. The van der Waals surface area contributed by atoms with Crippen LogP contribution < -0.4 is 19.7 Å². The molecular formula is C27H35IN2O3. The third-order valence-corrected chi connectivity index (χ3v) is 7.80. The molecule has 1 N–H and O–H groups in total. The highest BCUT2D eigenvalue weighted by Crippen LogP contribution is 2.35. The van der Waals surface area contributed by atoms with E-state index < -0.39 is 0 Å². The van der Waals surface area contributed by atoms with Crippen LogP contribution in [0.2, 0.25) is 0 Å². The molecule has 1 aliphatic heterocycles. The molecule has 1 aliphatic carbocycles. The van der Waals surface area contributed by atoms with Gasteiger partial charge >= 0.3 is 0 Å². The van der Waals surface area contributed by atoms with Crippen molar-refractivity contribution >= 4 is 34.2 Å². The van der Waals surface area contributed by atoms with Crippen LogP contribution in [-0.4, -0.2) is 38.8 Å². The Bertz CT molecular complexity index is 939. The molecule has 1 saturated heterocycles. The van der Waals surface area contributed by atoms with Crippen molar-refractivity contribution in [1.82, 2.24) is 5.32 Å². The standard InChI is InChI=1S/C27H35IN2O3/c1-32-25-14-13-20(17-26(25)33-2)27(31)30(22-11-6-10-21(28)18-22)24(23-12-7-15-29-23)16-19-8-4-3-5-9-19/h6,10-11,13-14,17-19,23-24,29H,3-5,7-9,12,15-16H2,1-2H3/t23?,24-/m0/s1. The molecule has 2 aromatic rings. The lowest BCUT2D eigenvalue weighted by atomic mass is 9.82. The Morgan fingerprint density at radius 2 is 1.82 bits per heavy atom. The molecule has 4 rings (SSSR count). The summed E-state index contributed by atoms with van der Waals surface area (Å²) in [5, 5.41) is 3.72. The predicted octanol–water partition coefficient (Wildman–Crippen LogP) is 6.05. The highest BCUT2D eigenvalue weighted by atomic mass is 127. The smallest absolute Gasteiger partial charge is 0.258 e. The third kappa shape index (κ3) is 5.83. The van der Waals surface area contributed by atoms with E-state index in [9.17, 15) is 4.79 Å². The number of rotatable bonds is 8. The van der Waals surface area contributed by atoms with Crippen LogP contribution in [0.5, 0.6) is 11.5 Å². The highest BCUT2D eigenvalue weighted by molar-refractivity contribution is 14.1. The minimum atomic E-state index is 0.0208. The van der Waals surface area contributed by atoms with Crippen LogP contribution >= 0.6 is 22.6 Å². The van der Waals surface area contributed by atoms with Crippen molar-refractivity contribution in [1.29, 1.82) is 0 Å². The zero-order valence-corrected chi connectivity index (χ0v) is 21.8. The fourth-order valence-electron chi connectivity index (χ4n) is 5.45. The van der Waals surface area contributed by atoms with Crippen molar-refractivity contribution in [3.8, 4) is 11.5 Å². The number of amides is 1. The van der Waals surface area contributed by atoms with Gasteiger partial charge < -0.3 is 19.7 Å². The van der Waals surface area contributed by atoms with Crippen molar-refractivity contribution in [2.75, 3.05) is 25.7 Å². The molecule has 6 heteroatoms. The number of hydrogen-bond donors (Lipinski definition) is 1. The van der Waals surface area contributed by atoms with Gasteiger partial charge in [-0.25, -0.2) is 0 Å². The van der Waals surface area contributed by atoms with Gasteiger partial charge in [0.2, 0.25) is 0 Å². The maximum absolute atomic E-state index is 14.2. The average molecular weight is 562 g/mol. The van der Waals surface area contributed by atoms with Gasteiger partial charge in [-0.15, -0.1) is 0 Å². The van der Waals surface area contributed by atoms with Crippen LogP contribution in [0, 0.1) is 9.49 Å².